The van der Waals surface area contributed by atoms with E-state index in [2.05, 4.69) is 26.1 Å². The molecule has 10 heavy (non-hydrogen) atoms. The first-order valence-electron chi connectivity index (χ1n) is 4.06. The summed E-state index contributed by atoms with van der Waals surface area (Å²) in [5.41, 5.74) is -0.0835. The van der Waals surface area contributed by atoms with Gasteiger partial charge in [-0.1, -0.05) is 13.3 Å². The van der Waals surface area contributed by atoms with Gasteiger partial charge >= 0.3 is 0 Å². The van der Waals surface area contributed by atoms with Crippen molar-refractivity contribution in [3.05, 3.63) is 0 Å². The minimum Gasteiger partial charge on any atom is -0.360 e. The highest BCUT2D eigenvalue weighted by atomic mass is 16.5. The van der Waals surface area contributed by atoms with E-state index in [0.717, 1.165) is 6.61 Å². The first-order valence-corrected chi connectivity index (χ1v) is 4.06. The zero-order valence-corrected chi connectivity index (χ0v) is 7.11. The van der Waals surface area contributed by atoms with Crippen LogP contribution in [-0.2, 0) is 4.74 Å². The number of ether oxygens (including phenoxy) is 1. The third kappa shape index (κ3) is 1.96. The summed E-state index contributed by atoms with van der Waals surface area (Å²) in [4.78, 5) is 0. The molecular formula is C8H17NO. The lowest BCUT2D eigenvalue weighted by atomic mass is 10.2. The van der Waals surface area contributed by atoms with Gasteiger partial charge in [0.25, 0.3) is 0 Å². The average molecular weight is 143 g/mol. The molecule has 0 amide bonds. The minimum atomic E-state index is -0.0835. The molecule has 2 heteroatoms. The molecule has 60 valence electrons. The van der Waals surface area contributed by atoms with Gasteiger partial charge in [-0.05, 0) is 20.3 Å². The van der Waals surface area contributed by atoms with Crippen LogP contribution in [0.4, 0.5) is 0 Å². The minimum absolute atomic E-state index is 0.0835. The molecule has 1 fully saturated rings. The van der Waals surface area contributed by atoms with E-state index in [1.165, 1.54) is 12.8 Å². The van der Waals surface area contributed by atoms with Crippen LogP contribution in [0.1, 0.15) is 33.6 Å². The normalized spacial score (nSPS) is 30.9. The van der Waals surface area contributed by atoms with Gasteiger partial charge in [-0.15, -0.1) is 0 Å². The monoisotopic (exact) mass is 143 g/mol. The zero-order valence-electron chi connectivity index (χ0n) is 7.11. The lowest BCUT2D eigenvalue weighted by molar-refractivity contribution is 0.0231. The molecule has 1 atom stereocenters. The standard InChI is InChI=1S/C8H17NO/c1-4-5-7-6-10-8(2,3)9-7/h7,9H,4-6H2,1-3H3. The maximum absolute atomic E-state index is 5.49. The van der Waals surface area contributed by atoms with Gasteiger partial charge in [-0.2, -0.15) is 0 Å². The molecule has 0 saturated carbocycles. The first-order chi connectivity index (χ1) is 4.64. The van der Waals surface area contributed by atoms with Crippen molar-refractivity contribution in [1.82, 2.24) is 5.32 Å². The molecule has 0 bridgehead atoms. The van der Waals surface area contributed by atoms with Crippen LogP contribution in [0, 0.1) is 0 Å². The van der Waals surface area contributed by atoms with Gasteiger partial charge < -0.3 is 4.74 Å². The highest BCUT2D eigenvalue weighted by Gasteiger charge is 2.29. The van der Waals surface area contributed by atoms with Gasteiger partial charge in [0, 0.05) is 6.04 Å². The molecule has 0 aromatic carbocycles. The van der Waals surface area contributed by atoms with Crippen LogP contribution in [-0.4, -0.2) is 18.4 Å². The van der Waals surface area contributed by atoms with Crippen molar-refractivity contribution in [2.45, 2.75) is 45.4 Å². The summed E-state index contributed by atoms with van der Waals surface area (Å²) in [6.07, 6.45) is 2.46. The summed E-state index contributed by atoms with van der Waals surface area (Å²) in [6.45, 7) is 7.22. The third-order valence-electron chi connectivity index (χ3n) is 1.83. The summed E-state index contributed by atoms with van der Waals surface area (Å²) in [5.74, 6) is 0. The zero-order chi connectivity index (χ0) is 7.61. The quantitative estimate of drug-likeness (QED) is 0.632. The predicted molar refractivity (Wildman–Crippen MR) is 41.9 cm³/mol. The van der Waals surface area contributed by atoms with Crippen molar-refractivity contribution >= 4 is 0 Å². The fourth-order valence-electron chi connectivity index (χ4n) is 1.39. The smallest absolute Gasteiger partial charge is 0.113 e. The van der Waals surface area contributed by atoms with Gasteiger partial charge in [0.2, 0.25) is 0 Å². The Labute approximate surface area is 63.0 Å². The molecule has 1 aliphatic rings. The van der Waals surface area contributed by atoms with Crippen molar-refractivity contribution in [2.75, 3.05) is 6.61 Å². The van der Waals surface area contributed by atoms with E-state index in [9.17, 15) is 0 Å². The number of nitrogens with one attached hydrogen (secondary N) is 1. The SMILES string of the molecule is CCCC1COC(C)(C)N1. The lowest BCUT2D eigenvalue weighted by Crippen LogP contribution is -2.38. The van der Waals surface area contributed by atoms with Crippen molar-refractivity contribution in [3.8, 4) is 0 Å². The molecular weight excluding hydrogens is 126 g/mol. The number of rotatable bonds is 2. The molecule has 1 saturated heterocycles. The fourth-order valence-corrected chi connectivity index (χ4v) is 1.39. The number of hydrogen-bond donors (Lipinski definition) is 1. The Hall–Kier alpha value is -0.0800. The fraction of sp³-hybridized carbons (Fsp3) is 1.00. The van der Waals surface area contributed by atoms with E-state index < -0.39 is 0 Å². The highest BCUT2D eigenvalue weighted by Crippen LogP contribution is 2.16. The van der Waals surface area contributed by atoms with Crippen LogP contribution in [0.25, 0.3) is 0 Å². The molecule has 1 N–H and O–H groups in total. The maximum Gasteiger partial charge on any atom is 0.113 e. The first kappa shape index (κ1) is 8.02. The second-order valence-electron chi connectivity index (χ2n) is 3.45. The molecule has 1 heterocycles. The topological polar surface area (TPSA) is 21.3 Å². The second-order valence-corrected chi connectivity index (χ2v) is 3.45. The highest BCUT2D eigenvalue weighted by molar-refractivity contribution is 4.80. The van der Waals surface area contributed by atoms with Crippen molar-refractivity contribution in [3.63, 3.8) is 0 Å². The average Bonchev–Trinajstić information content (AvgIpc) is 2.12. The molecule has 0 aromatic rings. The molecule has 2 nitrogen and oxygen atoms in total. The van der Waals surface area contributed by atoms with Gasteiger partial charge in [0.15, 0.2) is 0 Å². The molecule has 1 aliphatic heterocycles. The Morgan fingerprint density at radius 2 is 2.30 bits per heavy atom. The summed E-state index contributed by atoms with van der Waals surface area (Å²) in [6, 6.07) is 0.583. The third-order valence-corrected chi connectivity index (χ3v) is 1.83. The van der Waals surface area contributed by atoms with E-state index in [1.54, 1.807) is 0 Å². The van der Waals surface area contributed by atoms with Crippen LogP contribution < -0.4 is 5.32 Å². The van der Waals surface area contributed by atoms with Crippen LogP contribution in [0.15, 0.2) is 0 Å². The van der Waals surface area contributed by atoms with Crippen molar-refractivity contribution < 1.29 is 4.74 Å². The molecule has 0 radical (unpaired) electrons. The molecule has 1 unspecified atom stereocenters. The Bertz CT molecular complexity index is 112. The Kier molecular flexibility index (Phi) is 2.32. The van der Waals surface area contributed by atoms with Gasteiger partial charge in [-0.3, -0.25) is 5.32 Å². The van der Waals surface area contributed by atoms with Crippen LogP contribution in [0.2, 0.25) is 0 Å². The summed E-state index contributed by atoms with van der Waals surface area (Å²) >= 11 is 0. The van der Waals surface area contributed by atoms with Gasteiger partial charge in [0.05, 0.1) is 6.61 Å². The number of hydrogen-bond acceptors (Lipinski definition) is 2. The van der Waals surface area contributed by atoms with E-state index >= 15 is 0 Å². The largest absolute Gasteiger partial charge is 0.360 e. The lowest BCUT2D eigenvalue weighted by Gasteiger charge is -2.17. The maximum atomic E-state index is 5.49. The Morgan fingerprint density at radius 3 is 2.70 bits per heavy atom. The molecule has 0 aromatic heterocycles. The summed E-state index contributed by atoms with van der Waals surface area (Å²) in [7, 11) is 0. The van der Waals surface area contributed by atoms with Crippen LogP contribution in [0.5, 0.6) is 0 Å². The van der Waals surface area contributed by atoms with Crippen molar-refractivity contribution in [2.24, 2.45) is 0 Å². The van der Waals surface area contributed by atoms with Crippen molar-refractivity contribution in [1.29, 1.82) is 0 Å². The Morgan fingerprint density at radius 1 is 1.60 bits per heavy atom. The summed E-state index contributed by atoms with van der Waals surface area (Å²) < 4.78 is 5.49. The molecule has 0 spiro atoms. The summed E-state index contributed by atoms with van der Waals surface area (Å²) in [5, 5.41) is 3.41. The van der Waals surface area contributed by atoms with E-state index in [-0.39, 0.29) is 5.72 Å². The van der Waals surface area contributed by atoms with Gasteiger partial charge in [0.1, 0.15) is 5.72 Å². The van der Waals surface area contributed by atoms with E-state index in [1.807, 2.05) is 0 Å². The second kappa shape index (κ2) is 2.89. The predicted octanol–water partition coefficient (Wildman–Crippen LogP) is 1.51. The molecule has 0 aliphatic carbocycles. The molecule has 1 rings (SSSR count). The van der Waals surface area contributed by atoms with Crippen LogP contribution >= 0.6 is 0 Å². The Balaban J connectivity index is 2.29. The van der Waals surface area contributed by atoms with Crippen LogP contribution in [0.3, 0.4) is 0 Å². The van der Waals surface area contributed by atoms with E-state index in [0.29, 0.717) is 6.04 Å². The van der Waals surface area contributed by atoms with Gasteiger partial charge in [-0.25, -0.2) is 0 Å². The van der Waals surface area contributed by atoms with E-state index in [4.69, 9.17) is 4.74 Å².